The summed E-state index contributed by atoms with van der Waals surface area (Å²) in [5, 5.41) is 2.85. The molecule has 1 heterocycles. The summed E-state index contributed by atoms with van der Waals surface area (Å²) >= 11 is 2.96. The molecule has 1 aromatic heterocycles. The van der Waals surface area contributed by atoms with Crippen LogP contribution < -0.4 is 10.0 Å². The van der Waals surface area contributed by atoms with E-state index in [1.807, 2.05) is 36.4 Å². The van der Waals surface area contributed by atoms with E-state index in [1.54, 1.807) is 23.5 Å². The number of thiazole rings is 1. The zero-order chi connectivity index (χ0) is 19.3. The Morgan fingerprint density at radius 1 is 1.11 bits per heavy atom. The summed E-state index contributed by atoms with van der Waals surface area (Å²) in [6.45, 7) is 0.286. The number of amides is 1. The maximum absolute atomic E-state index is 12.2. The third kappa shape index (κ3) is 5.52. The second-order valence-corrected chi connectivity index (χ2v) is 9.92. The minimum absolute atomic E-state index is 0.115. The topological polar surface area (TPSA) is 88.2 Å². The molecule has 3 aromatic rings. The van der Waals surface area contributed by atoms with Gasteiger partial charge in [0.1, 0.15) is 0 Å². The van der Waals surface area contributed by atoms with E-state index in [2.05, 4.69) is 15.0 Å². The van der Waals surface area contributed by atoms with Crippen molar-refractivity contribution in [2.24, 2.45) is 0 Å². The highest BCUT2D eigenvalue weighted by atomic mass is 32.2. The van der Waals surface area contributed by atoms with Crippen molar-refractivity contribution in [3.63, 3.8) is 0 Å². The van der Waals surface area contributed by atoms with Crippen LogP contribution in [0.5, 0.6) is 0 Å². The summed E-state index contributed by atoms with van der Waals surface area (Å²) in [7, 11) is -1.98. The first-order valence-electron chi connectivity index (χ1n) is 8.20. The summed E-state index contributed by atoms with van der Waals surface area (Å²) in [4.78, 5) is 16.7. The normalized spacial score (nSPS) is 11.6. The van der Waals surface area contributed by atoms with Crippen LogP contribution in [0.15, 0.2) is 52.9 Å². The molecule has 2 N–H and O–H groups in total. The van der Waals surface area contributed by atoms with Gasteiger partial charge in [0.15, 0.2) is 4.34 Å². The predicted octanol–water partition coefficient (Wildman–Crippen LogP) is 2.75. The highest BCUT2D eigenvalue weighted by Gasteiger charge is 2.13. The molecule has 0 saturated heterocycles. The summed E-state index contributed by atoms with van der Waals surface area (Å²) in [5.41, 5.74) is 2.39. The average Bonchev–Trinajstić information content (AvgIpc) is 3.08. The van der Waals surface area contributed by atoms with Crippen LogP contribution in [0.25, 0.3) is 10.2 Å². The predicted molar refractivity (Wildman–Crippen MR) is 110 cm³/mol. The smallest absolute Gasteiger partial charge is 0.230 e. The van der Waals surface area contributed by atoms with Crippen LogP contribution in [0, 0.1) is 0 Å². The molecule has 2 aromatic carbocycles. The molecule has 3 rings (SSSR count). The molecule has 0 aliphatic rings. The Hall–Kier alpha value is -1.94. The molecule has 0 unspecified atom stereocenters. The molecule has 0 saturated carbocycles. The summed E-state index contributed by atoms with van der Waals surface area (Å²) in [5.74, 6) is 0.0258. The van der Waals surface area contributed by atoms with Crippen molar-refractivity contribution in [3.8, 4) is 0 Å². The number of hydrogen-bond donors (Lipinski definition) is 2. The number of carbonyl (C=O) groups is 1. The standard InChI is InChI=1S/C18H19N3O3S3/c1-19-27(23,24)12-14-7-3-2-6-13(14)10-20-17(22)11-25-18-21-15-8-4-5-9-16(15)26-18/h2-9,19H,10-12H2,1H3,(H,20,22). The third-order valence-electron chi connectivity index (χ3n) is 3.85. The molecule has 142 valence electrons. The van der Waals surface area contributed by atoms with E-state index in [4.69, 9.17) is 0 Å². The molecule has 27 heavy (non-hydrogen) atoms. The van der Waals surface area contributed by atoms with Gasteiger partial charge in [-0.15, -0.1) is 11.3 Å². The van der Waals surface area contributed by atoms with Crippen molar-refractivity contribution < 1.29 is 13.2 Å². The Kier molecular flexibility index (Phi) is 6.48. The number of nitrogens with one attached hydrogen (secondary N) is 2. The quantitative estimate of drug-likeness (QED) is 0.546. The highest BCUT2D eigenvalue weighted by molar-refractivity contribution is 8.01. The second-order valence-electron chi connectivity index (χ2n) is 5.74. The van der Waals surface area contributed by atoms with Crippen molar-refractivity contribution in [1.29, 1.82) is 0 Å². The van der Waals surface area contributed by atoms with E-state index >= 15 is 0 Å². The summed E-state index contributed by atoms with van der Waals surface area (Å²) < 4.78 is 27.8. The molecule has 0 radical (unpaired) electrons. The van der Waals surface area contributed by atoms with Gasteiger partial charge in [0, 0.05) is 6.54 Å². The Morgan fingerprint density at radius 2 is 1.81 bits per heavy atom. The van der Waals surface area contributed by atoms with Gasteiger partial charge in [0.05, 0.1) is 21.7 Å². The largest absolute Gasteiger partial charge is 0.351 e. The van der Waals surface area contributed by atoms with E-state index < -0.39 is 10.0 Å². The van der Waals surface area contributed by atoms with E-state index in [1.165, 1.54) is 18.8 Å². The monoisotopic (exact) mass is 421 g/mol. The van der Waals surface area contributed by atoms with Gasteiger partial charge in [-0.1, -0.05) is 48.2 Å². The third-order valence-corrected chi connectivity index (χ3v) is 7.34. The Balaban J connectivity index is 1.56. The molecular weight excluding hydrogens is 402 g/mol. The lowest BCUT2D eigenvalue weighted by Gasteiger charge is -2.10. The molecule has 0 bridgehead atoms. The first kappa shape index (κ1) is 19.8. The Labute approximate surface area is 166 Å². The number of carbonyl (C=O) groups excluding carboxylic acids is 1. The van der Waals surface area contributed by atoms with Gasteiger partial charge >= 0.3 is 0 Å². The first-order chi connectivity index (χ1) is 13.0. The maximum Gasteiger partial charge on any atom is 0.230 e. The number of nitrogens with zero attached hydrogens (tertiary/aromatic N) is 1. The van der Waals surface area contributed by atoms with E-state index in [0.29, 0.717) is 5.56 Å². The first-order valence-corrected chi connectivity index (χ1v) is 11.7. The molecule has 0 aliphatic carbocycles. The van der Waals surface area contributed by atoms with E-state index in [-0.39, 0.29) is 24.0 Å². The van der Waals surface area contributed by atoms with Crippen LogP contribution in [-0.4, -0.2) is 32.1 Å². The Morgan fingerprint density at radius 3 is 2.56 bits per heavy atom. The van der Waals surface area contributed by atoms with Gasteiger partial charge < -0.3 is 5.32 Å². The molecule has 0 spiro atoms. The van der Waals surface area contributed by atoms with E-state index in [9.17, 15) is 13.2 Å². The van der Waals surface area contributed by atoms with Crippen LogP contribution in [0.3, 0.4) is 0 Å². The number of aromatic nitrogens is 1. The lowest BCUT2D eigenvalue weighted by molar-refractivity contribution is -0.118. The lowest BCUT2D eigenvalue weighted by atomic mass is 10.1. The highest BCUT2D eigenvalue weighted by Crippen LogP contribution is 2.29. The molecule has 0 fully saturated rings. The van der Waals surface area contributed by atoms with Crippen LogP contribution >= 0.6 is 23.1 Å². The van der Waals surface area contributed by atoms with Crippen molar-refractivity contribution in [1.82, 2.24) is 15.0 Å². The fourth-order valence-corrected chi connectivity index (χ4v) is 5.17. The molecule has 0 atom stereocenters. The zero-order valence-corrected chi connectivity index (χ0v) is 17.1. The minimum Gasteiger partial charge on any atom is -0.351 e. The zero-order valence-electron chi connectivity index (χ0n) is 14.6. The van der Waals surface area contributed by atoms with Crippen LogP contribution in [-0.2, 0) is 27.1 Å². The van der Waals surface area contributed by atoms with Gasteiger partial charge in [-0.2, -0.15) is 0 Å². The number of hydrogen-bond acceptors (Lipinski definition) is 6. The van der Waals surface area contributed by atoms with Crippen molar-refractivity contribution in [2.45, 2.75) is 16.6 Å². The molecule has 1 amide bonds. The molecule has 9 heteroatoms. The number of para-hydroxylation sites is 1. The van der Waals surface area contributed by atoms with Crippen LogP contribution in [0.4, 0.5) is 0 Å². The van der Waals surface area contributed by atoms with Crippen molar-refractivity contribution in [2.75, 3.05) is 12.8 Å². The number of benzene rings is 2. The lowest BCUT2D eigenvalue weighted by Crippen LogP contribution is -2.26. The average molecular weight is 422 g/mol. The number of rotatable bonds is 8. The summed E-state index contributed by atoms with van der Waals surface area (Å²) in [6.07, 6.45) is 0. The van der Waals surface area contributed by atoms with Gasteiger partial charge in [-0.3, -0.25) is 4.79 Å². The number of thioether (sulfide) groups is 1. The van der Waals surface area contributed by atoms with Crippen molar-refractivity contribution in [3.05, 3.63) is 59.7 Å². The van der Waals surface area contributed by atoms with Gasteiger partial charge in [-0.25, -0.2) is 18.1 Å². The number of sulfonamides is 1. The minimum atomic E-state index is -3.37. The van der Waals surface area contributed by atoms with Gasteiger partial charge in [0.2, 0.25) is 15.9 Å². The number of fused-ring (bicyclic) bond motifs is 1. The molecule has 6 nitrogen and oxygen atoms in total. The molecular formula is C18H19N3O3S3. The van der Waals surface area contributed by atoms with Crippen LogP contribution in [0.2, 0.25) is 0 Å². The SMILES string of the molecule is CNS(=O)(=O)Cc1ccccc1CNC(=O)CSc1nc2ccccc2s1. The maximum atomic E-state index is 12.2. The second kappa shape index (κ2) is 8.83. The Bertz CT molecular complexity index is 1010. The fourth-order valence-electron chi connectivity index (χ4n) is 2.43. The van der Waals surface area contributed by atoms with E-state index in [0.717, 1.165) is 20.1 Å². The van der Waals surface area contributed by atoms with Crippen molar-refractivity contribution >= 4 is 49.2 Å². The summed E-state index contributed by atoms with van der Waals surface area (Å²) in [6, 6.07) is 15.1. The molecule has 0 aliphatic heterocycles. The van der Waals surface area contributed by atoms with Crippen LogP contribution in [0.1, 0.15) is 11.1 Å². The van der Waals surface area contributed by atoms with Gasteiger partial charge in [0.25, 0.3) is 0 Å². The fraction of sp³-hybridized carbons (Fsp3) is 0.222. The van der Waals surface area contributed by atoms with Gasteiger partial charge in [-0.05, 0) is 30.3 Å².